The molecule has 0 spiro atoms. The van der Waals surface area contributed by atoms with Crippen molar-refractivity contribution in [3.05, 3.63) is 0 Å². The Morgan fingerprint density at radius 1 is 1.35 bits per heavy atom. The third-order valence-electron chi connectivity index (χ3n) is 4.29. The minimum absolute atomic E-state index is 0.390. The summed E-state index contributed by atoms with van der Waals surface area (Å²) in [5.41, 5.74) is -0.390. The molecule has 0 heterocycles. The number of nitriles is 1. The number of methoxy groups -OCH3 is 1. The highest BCUT2D eigenvalue weighted by Crippen LogP contribution is 2.24. The monoisotopic (exact) mass is 281 g/mol. The summed E-state index contributed by atoms with van der Waals surface area (Å²) >= 11 is 0. The van der Waals surface area contributed by atoms with Gasteiger partial charge >= 0.3 is 0 Å². The number of ether oxygens (including phenoxy) is 1. The highest BCUT2D eigenvalue weighted by molar-refractivity contribution is 5.07. The summed E-state index contributed by atoms with van der Waals surface area (Å²) in [7, 11) is 1.75. The van der Waals surface area contributed by atoms with Crippen LogP contribution in [-0.4, -0.2) is 49.3 Å². The summed E-state index contributed by atoms with van der Waals surface area (Å²) in [4.78, 5) is 2.48. The van der Waals surface area contributed by atoms with E-state index in [0.29, 0.717) is 12.1 Å². The van der Waals surface area contributed by atoms with E-state index in [2.05, 4.69) is 30.1 Å². The van der Waals surface area contributed by atoms with E-state index in [1.165, 1.54) is 12.8 Å². The second-order valence-electron chi connectivity index (χ2n) is 6.11. The highest BCUT2D eigenvalue weighted by Gasteiger charge is 2.33. The Balaban J connectivity index is 2.51. The summed E-state index contributed by atoms with van der Waals surface area (Å²) in [6.07, 6.45) is 5.62. The number of nitrogens with one attached hydrogen (secondary N) is 1. The Morgan fingerprint density at radius 3 is 2.45 bits per heavy atom. The average Bonchev–Trinajstić information content (AvgIpc) is 3.26. The number of rotatable bonds is 11. The van der Waals surface area contributed by atoms with E-state index in [4.69, 9.17) is 4.74 Å². The van der Waals surface area contributed by atoms with Crippen LogP contribution in [0.3, 0.4) is 0 Å². The smallest absolute Gasteiger partial charge is 0.105 e. The maximum Gasteiger partial charge on any atom is 0.105 e. The molecule has 0 saturated heterocycles. The van der Waals surface area contributed by atoms with Crippen LogP contribution in [0.1, 0.15) is 52.9 Å². The van der Waals surface area contributed by atoms with Crippen molar-refractivity contribution in [1.82, 2.24) is 10.2 Å². The minimum atomic E-state index is -0.390. The molecule has 0 aromatic rings. The molecule has 0 aromatic carbocycles. The lowest BCUT2D eigenvalue weighted by Gasteiger charge is -2.33. The van der Waals surface area contributed by atoms with Gasteiger partial charge in [-0.3, -0.25) is 10.2 Å². The maximum atomic E-state index is 9.45. The summed E-state index contributed by atoms with van der Waals surface area (Å²) in [5.74, 6) is 0. The number of hydrogen-bond acceptors (Lipinski definition) is 4. The third-order valence-corrected chi connectivity index (χ3v) is 4.29. The van der Waals surface area contributed by atoms with Gasteiger partial charge in [-0.15, -0.1) is 0 Å². The van der Waals surface area contributed by atoms with Crippen molar-refractivity contribution in [2.24, 2.45) is 0 Å². The molecule has 116 valence electrons. The van der Waals surface area contributed by atoms with Gasteiger partial charge in [-0.1, -0.05) is 13.8 Å². The maximum absolute atomic E-state index is 9.45. The molecule has 0 radical (unpaired) electrons. The van der Waals surface area contributed by atoms with E-state index in [-0.39, 0.29) is 0 Å². The molecular formula is C16H31N3O. The van der Waals surface area contributed by atoms with Crippen molar-refractivity contribution in [3.63, 3.8) is 0 Å². The first-order chi connectivity index (χ1) is 9.58. The van der Waals surface area contributed by atoms with E-state index in [1.54, 1.807) is 7.11 Å². The van der Waals surface area contributed by atoms with Crippen LogP contribution < -0.4 is 5.32 Å². The van der Waals surface area contributed by atoms with Gasteiger partial charge in [-0.05, 0) is 39.0 Å². The van der Waals surface area contributed by atoms with Crippen molar-refractivity contribution in [1.29, 1.82) is 5.26 Å². The van der Waals surface area contributed by atoms with Gasteiger partial charge in [0.1, 0.15) is 5.54 Å². The van der Waals surface area contributed by atoms with Crippen LogP contribution in [0, 0.1) is 11.3 Å². The fraction of sp³-hybridized carbons (Fsp3) is 0.938. The van der Waals surface area contributed by atoms with Gasteiger partial charge in [0, 0.05) is 32.3 Å². The lowest BCUT2D eigenvalue weighted by molar-refractivity contribution is 0.109. The molecule has 0 bridgehead atoms. The SMILES string of the molecule is CCC(CC)N(CCOC)CCC(C)(C#N)NC1CC1. The standard InChI is InChI=1S/C16H31N3O/c1-5-15(6-2)19(11-12-20-4)10-9-16(3,13-17)18-14-7-8-14/h14-15,18H,5-12H2,1-4H3. The van der Waals surface area contributed by atoms with Crippen molar-refractivity contribution >= 4 is 0 Å². The van der Waals surface area contributed by atoms with Crippen LogP contribution in [0.4, 0.5) is 0 Å². The van der Waals surface area contributed by atoms with Crippen LogP contribution in [0.2, 0.25) is 0 Å². The molecule has 1 rings (SSSR count). The Morgan fingerprint density at radius 2 is 2.00 bits per heavy atom. The fourth-order valence-corrected chi connectivity index (χ4v) is 2.70. The second-order valence-corrected chi connectivity index (χ2v) is 6.11. The molecule has 1 unspecified atom stereocenters. The van der Waals surface area contributed by atoms with Gasteiger partial charge in [-0.2, -0.15) is 5.26 Å². The fourth-order valence-electron chi connectivity index (χ4n) is 2.70. The average molecular weight is 281 g/mol. The minimum Gasteiger partial charge on any atom is -0.383 e. The van der Waals surface area contributed by atoms with E-state index in [1.807, 2.05) is 6.92 Å². The van der Waals surface area contributed by atoms with E-state index >= 15 is 0 Å². The molecule has 1 aliphatic carbocycles. The van der Waals surface area contributed by atoms with Gasteiger partial charge in [0.25, 0.3) is 0 Å². The molecule has 0 amide bonds. The zero-order chi connectivity index (χ0) is 15.0. The van der Waals surface area contributed by atoms with Crippen molar-refractivity contribution < 1.29 is 4.74 Å². The zero-order valence-electron chi connectivity index (χ0n) is 13.6. The quantitative estimate of drug-likeness (QED) is 0.632. The van der Waals surface area contributed by atoms with Crippen LogP contribution in [0.15, 0.2) is 0 Å². The lowest BCUT2D eigenvalue weighted by Crippen LogP contribution is -2.47. The molecule has 0 aliphatic heterocycles. The van der Waals surface area contributed by atoms with Gasteiger partial charge in [0.05, 0.1) is 12.7 Å². The Bertz CT molecular complexity index is 307. The third kappa shape index (κ3) is 5.78. The summed E-state index contributed by atoms with van der Waals surface area (Å²) in [6.45, 7) is 9.18. The lowest BCUT2D eigenvalue weighted by atomic mass is 9.98. The predicted molar refractivity (Wildman–Crippen MR) is 82.6 cm³/mol. The predicted octanol–water partition coefficient (Wildman–Crippen LogP) is 2.55. The first kappa shape index (κ1) is 17.4. The molecule has 1 atom stereocenters. The van der Waals surface area contributed by atoms with Crippen LogP contribution in [-0.2, 0) is 4.74 Å². The molecule has 4 heteroatoms. The highest BCUT2D eigenvalue weighted by atomic mass is 16.5. The van der Waals surface area contributed by atoms with Crippen molar-refractivity contribution in [2.75, 3.05) is 26.8 Å². The normalized spacial score (nSPS) is 18.2. The first-order valence-corrected chi connectivity index (χ1v) is 8.00. The van der Waals surface area contributed by atoms with Crippen molar-refractivity contribution in [3.8, 4) is 6.07 Å². The molecule has 1 fully saturated rings. The Hall–Kier alpha value is -0.630. The zero-order valence-corrected chi connectivity index (χ0v) is 13.6. The van der Waals surface area contributed by atoms with Gasteiger partial charge in [0.2, 0.25) is 0 Å². The Labute approximate surface area is 124 Å². The first-order valence-electron chi connectivity index (χ1n) is 8.00. The number of nitrogens with zero attached hydrogens (tertiary/aromatic N) is 2. The topological polar surface area (TPSA) is 48.3 Å². The molecule has 4 nitrogen and oxygen atoms in total. The summed E-state index contributed by atoms with van der Waals surface area (Å²) in [5, 5.41) is 12.9. The molecule has 0 aromatic heterocycles. The van der Waals surface area contributed by atoms with Crippen molar-refractivity contribution in [2.45, 2.75) is 70.5 Å². The molecular weight excluding hydrogens is 250 g/mol. The van der Waals surface area contributed by atoms with Crippen LogP contribution >= 0.6 is 0 Å². The van der Waals surface area contributed by atoms with Crippen LogP contribution in [0.5, 0.6) is 0 Å². The molecule has 1 aliphatic rings. The molecule has 20 heavy (non-hydrogen) atoms. The van der Waals surface area contributed by atoms with Gasteiger partial charge in [0.15, 0.2) is 0 Å². The summed E-state index contributed by atoms with van der Waals surface area (Å²) < 4.78 is 5.22. The van der Waals surface area contributed by atoms with E-state index in [0.717, 1.165) is 39.0 Å². The molecule has 1 N–H and O–H groups in total. The van der Waals surface area contributed by atoms with Crippen LogP contribution in [0.25, 0.3) is 0 Å². The number of hydrogen-bond donors (Lipinski definition) is 1. The van der Waals surface area contributed by atoms with Gasteiger partial charge < -0.3 is 4.74 Å². The second kappa shape index (κ2) is 8.61. The van der Waals surface area contributed by atoms with E-state index in [9.17, 15) is 5.26 Å². The Kier molecular flexibility index (Phi) is 7.50. The van der Waals surface area contributed by atoms with E-state index < -0.39 is 5.54 Å². The summed E-state index contributed by atoms with van der Waals surface area (Å²) in [6, 6.07) is 3.63. The van der Waals surface area contributed by atoms with Gasteiger partial charge in [-0.25, -0.2) is 0 Å². The largest absolute Gasteiger partial charge is 0.383 e. The molecule has 1 saturated carbocycles.